The van der Waals surface area contributed by atoms with Gasteiger partial charge in [0.1, 0.15) is 0 Å². The summed E-state index contributed by atoms with van der Waals surface area (Å²) in [6, 6.07) is 1.02. The van der Waals surface area contributed by atoms with E-state index in [1.54, 1.807) is 0 Å². The Kier molecular flexibility index (Phi) is 4.93. The largest absolute Gasteiger partial charge is 0.379 e. The van der Waals surface area contributed by atoms with Crippen molar-refractivity contribution in [1.82, 2.24) is 15.1 Å². The topological polar surface area (TPSA) is 40.1 Å². The summed E-state index contributed by atoms with van der Waals surface area (Å²) in [4.78, 5) is 9.53. The van der Waals surface area contributed by atoms with Crippen LogP contribution in [0, 0.1) is 5.41 Å². The van der Waals surface area contributed by atoms with Crippen molar-refractivity contribution >= 4 is 5.96 Å². The molecule has 3 fully saturated rings. The van der Waals surface area contributed by atoms with Gasteiger partial charge in [-0.25, -0.2) is 0 Å². The van der Waals surface area contributed by atoms with E-state index >= 15 is 0 Å². The van der Waals surface area contributed by atoms with Crippen molar-refractivity contribution in [1.29, 1.82) is 0 Å². The number of likely N-dealkylation sites (tertiary alicyclic amines) is 1. The van der Waals surface area contributed by atoms with Gasteiger partial charge in [0.2, 0.25) is 0 Å². The van der Waals surface area contributed by atoms with Crippen LogP contribution < -0.4 is 5.32 Å². The lowest BCUT2D eigenvalue weighted by Crippen LogP contribution is -2.53. The van der Waals surface area contributed by atoms with Gasteiger partial charge in [-0.3, -0.25) is 9.89 Å². The van der Waals surface area contributed by atoms with Crippen LogP contribution in [0.5, 0.6) is 0 Å². The van der Waals surface area contributed by atoms with Crippen LogP contribution in [-0.4, -0.2) is 74.3 Å². The highest BCUT2D eigenvalue weighted by molar-refractivity contribution is 5.80. The van der Waals surface area contributed by atoms with Gasteiger partial charge in [0, 0.05) is 45.3 Å². The Labute approximate surface area is 135 Å². The van der Waals surface area contributed by atoms with E-state index in [2.05, 4.69) is 34.0 Å². The van der Waals surface area contributed by atoms with E-state index in [-0.39, 0.29) is 0 Å². The van der Waals surface area contributed by atoms with Crippen molar-refractivity contribution < 1.29 is 4.74 Å². The molecule has 2 unspecified atom stereocenters. The summed E-state index contributed by atoms with van der Waals surface area (Å²) in [5.41, 5.74) is 0.627. The van der Waals surface area contributed by atoms with Crippen LogP contribution in [-0.2, 0) is 4.74 Å². The zero-order chi connectivity index (χ0) is 15.6. The lowest BCUT2D eigenvalue weighted by atomic mass is 9.68. The number of ether oxygens (including phenoxy) is 1. The fourth-order valence-electron chi connectivity index (χ4n) is 4.28. The Hall–Kier alpha value is -0.810. The van der Waals surface area contributed by atoms with E-state index in [4.69, 9.17) is 4.74 Å². The molecule has 22 heavy (non-hydrogen) atoms. The first-order valence-corrected chi connectivity index (χ1v) is 8.93. The molecule has 2 aliphatic heterocycles. The lowest BCUT2D eigenvalue weighted by molar-refractivity contribution is -0.0175. The first-order chi connectivity index (χ1) is 10.6. The Morgan fingerprint density at radius 2 is 2.18 bits per heavy atom. The van der Waals surface area contributed by atoms with Gasteiger partial charge in [0.15, 0.2) is 5.96 Å². The molecule has 2 saturated heterocycles. The molecule has 3 aliphatic rings. The number of morpholine rings is 1. The molecule has 126 valence electrons. The minimum Gasteiger partial charge on any atom is -0.379 e. The molecule has 1 N–H and O–H groups in total. The van der Waals surface area contributed by atoms with Gasteiger partial charge in [-0.2, -0.15) is 0 Å². The molecular weight excluding hydrogens is 276 g/mol. The molecular formula is C17H32N4O. The average molecular weight is 308 g/mol. The molecule has 2 heterocycles. The maximum Gasteiger partial charge on any atom is 0.193 e. The number of rotatable bonds is 3. The van der Waals surface area contributed by atoms with Crippen molar-refractivity contribution in [3.8, 4) is 0 Å². The molecule has 5 heteroatoms. The maximum atomic E-state index is 5.54. The molecule has 3 rings (SSSR count). The minimum atomic E-state index is 0.510. The van der Waals surface area contributed by atoms with Crippen LogP contribution in [0.15, 0.2) is 4.99 Å². The number of hydrogen-bond donors (Lipinski definition) is 1. The number of nitrogens with zero attached hydrogens (tertiary/aromatic N) is 3. The summed E-state index contributed by atoms with van der Waals surface area (Å²) in [6.45, 7) is 10.6. The highest BCUT2D eigenvalue weighted by Crippen LogP contribution is 2.47. The Morgan fingerprint density at radius 3 is 2.77 bits per heavy atom. The quantitative estimate of drug-likeness (QED) is 0.634. The van der Waals surface area contributed by atoms with Crippen LogP contribution in [0.2, 0.25) is 0 Å². The molecule has 0 aromatic rings. The van der Waals surface area contributed by atoms with Crippen LogP contribution >= 0.6 is 0 Å². The van der Waals surface area contributed by atoms with Gasteiger partial charge in [-0.05, 0) is 38.5 Å². The summed E-state index contributed by atoms with van der Waals surface area (Å²) >= 11 is 0. The third kappa shape index (κ3) is 3.25. The molecule has 0 bridgehead atoms. The normalized spacial score (nSPS) is 30.4. The number of hydrogen-bond acceptors (Lipinski definition) is 3. The number of nitrogens with one attached hydrogen (secondary N) is 1. The monoisotopic (exact) mass is 308 g/mol. The first kappa shape index (κ1) is 16.1. The van der Waals surface area contributed by atoms with Gasteiger partial charge in [0.25, 0.3) is 0 Å². The Morgan fingerprint density at radius 1 is 1.36 bits per heavy atom. The summed E-state index contributed by atoms with van der Waals surface area (Å²) in [7, 11) is 1.91. The van der Waals surface area contributed by atoms with Crippen LogP contribution in [0.3, 0.4) is 0 Å². The number of aliphatic imine (C=N–C) groups is 1. The van der Waals surface area contributed by atoms with Gasteiger partial charge in [-0.1, -0.05) is 6.42 Å². The molecule has 1 saturated carbocycles. The first-order valence-electron chi connectivity index (χ1n) is 8.93. The maximum absolute atomic E-state index is 5.54. The standard InChI is InChI=1S/C17H32N4O/c1-14(21-9-10-22-12-15(21)2)11-19-16(18-3)20-8-7-17(13-20)5-4-6-17/h14-15H,4-13H2,1-3H3,(H,18,19). The second kappa shape index (κ2) is 6.75. The van der Waals surface area contributed by atoms with Crippen molar-refractivity contribution in [2.24, 2.45) is 10.4 Å². The molecule has 0 radical (unpaired) electrons. The lowest BCUT2D eigenvalue weighted by Gasteiger charge is -2.39. The van der Waals surface area contributed by atoms with Crippen LogP contribution in [0.4, 0.5) is 0 Å². The molecule has 0 amide bonds. The fraction of sp³-hybridized carbons (Fsp3) is 0.941. The predicted molar refractivity (Wildman–Crippen MR) is 90.3 cm³/mol. The molecule has 0 aromatic carbocycles. The van der Waals surface area contributed by atoms with Crippen molar-refractivity contribution in [3.05, 3.63) is 0 Å². The minimum absolute atomic E-state index is 0.510. The molecule has 2 atom stereocenters. The summed E-state index contributed by atoms with van der Waals surface area (Å²) in [5.74, 6) is 1.09. The van der Waals surface area contributed by atoms with Gasteiger partial charge in [-0.15, -0.1) is 0 Å². The Bertz CT molecular complexity index is 407. The highest BCUT2D eigenvalue weighted by atomic mass is 16.5. The Balaban J connectivity index is 1.49. The van der Waals surface area contributed by atoms with Gasteiger partial charge >= 0.3 is 0 Å². The molecule has 5 nitrogen and oxygen atoms in total. The molecule has 0 aromatic heterocycles. The van der Waals surface area contributed by atoms with E-state index in [9.17, 15) is 0 Å². The van der Waals surface area contributed by atoms with E-state index in [0.717, 1.165) is 32.3 Å². The van der Waals surface area contributed by atoms with Crippen LogP contribution in [0.1, 0.15) is 39.5 Å². The summed E-state index contributed by atoms with van der Waals surface area (Å²) in [5, 5.41) is 3.61. The second-order valence-corrected chi connectivity index (χ2v) is 7.46. The fourth-order valence-corrected chi connectivity index (χ4v) is 4.28. The van der Waals surface area contributed by atoms with Crippen molar-refractivity contribution in [2.75, 3.05) is 46.4 Å². The summed E-state index contributed by atoms with van der Waals surface area (Å²) in [6.07, 6.45) is 5.61. The molecule has 1 aliphatic carbocycles. The van der Waals surface area contributed by atoms with Crippen LogP contribution in [0.25, 0.3) is 0 Å². The third-order valence-electron chi connectivity index (χ3n) is 5.90. The van der Waals surface area contributed by atoms with Gasteiger partial charge in [0.05, 0.1) is 13.2 Å². The third-order valence-corrected chi connectivity index (χ3v) is 5.90. The average Bonchev–Trinajstić information content (AvgIpc) is 2.94. The van der Waals surface area contributed by atoms with Gasteiger partial charge < -0.3 is 15.0 Å². The van der Waals surface area contributed by atoms with E-state index in [1.165, 1.54) is 38.8 Å². The zero-order valence-electron chi connectivity index (χ0n) is 14.5. The predicted octanol–water partition coefficient (Wildman–Crippen LogP) is 1.55. The smallest absolute Gasteiger partial charge is 0.193 e. The van der Waals surface area contributed by atoms with E-state index in [1.807, 2.05) is 7.05 Å². The van der Waals surface area contributed by atoms with E-state index < -0.39 is 0 Å². The SMILES string of the molecule is CN=C(NCC(C)N1CCOCC1C)N1CCC2(CCC2)C1. The van der Waals surface area contributed by atoms with Crippen molar-refractivity contribution in [3.63, 3.8) is 0 Å². The second-order valence-electron chi connectivity index (χ2n) is 7.46. The molecule has 1 spiro atoms. The van der Waals surface area contributed by atoms with E-state index in [0.29, 0.717) is 17.5 Å². The number of guanidine groups is 1. The summed E-state index contributed by atoms with van der Waals surface area (Å²) < 4.78 is 5.54. The zero-order valence-corrected chi connectivity index (χ0v) is 14.5. The van der Waals surface area contributed by atoms with Crippen molar-refractivity contribution in [2.45, 2.75) is 51.6 Å². The highest BCUT2D eigenvalue weighted by Gasteiger charge is 2.43.